The molecule has 0 radical (unpaired) electrons. The van der Waals surface area contributed by atoms with Crippen LogP contribution in [0.15, 0.2) is 97.1 Å². The summed E-state index contributed by atoms with van der Waals surface area (Å²) < 4.78 is 104. The molecule has 10 heteroatoms. The van der Waals surface area contributed by atoms with Crippen LogP contribution in [0.4, 0.5) is 39.0 Å². The lowest BCUT2D eigenvalue weighted by atomic mass is 10.1. The zero-order valence-corrected chi connectivity index (χ0v) is 22.1. The average molecular weight is 579 g/mol. The van der Waals surface area contributed by atoms with Crippen molar-refractivity contribution >= 4 is 63.2 Å². The molecule has 2 aliphatic rings. The molecular weight excluding hydrogens is 563 g/mol. The minimum atomic E-state index is -4.18. The second-order valence-corrected chi connectivity index (χ2v) is 15.0. The fourth-order valence-corrected chi connectivity index (χ4v) is 11.9. The predicted octanol–water partition coefficient (Wildman–Crippen LogP) is 5.76. The van der Waals surface area contributed by atoms with Crippen LogP contribution >= 0.6 is 14.3 Å². The Hall–Kier alpha value is -3.99. The molecule has 7 rings (SSSR count). The van der Waals surface area contributed by atoms with Crippen LogP contribution in [-0.4, -0.2) is 0 Å². The van der Waals surface area contributed by atoms with E-state index in [1.807, 2.05) is 0 Å². The summed E-state index contributed by atoms with van der Waals surface area (Å²) in [4.78, 5) is 1.54. The number of anilines is 3. The van der Waals surface area contributed by atoms with Crippen LogP contribution in [-0.2, 0) is 9.13 Å². The normalized spacial score (nSPS) is 20.5. The van der Waals surface area contributed by atoms with Crippen LogP contribution in [0.2, 0.25) is 0 Å². The first kappa shape index (κ1) is 25.0. The minimum Gasteiger partial charge on any atom is -0.308 e. The third-order valence-electron chi connectivity index (χ3n) is 7.32. The minimum absolute atomic E-state index is 0.0164. The molecule has 2 heterocycles. The Kier molecular flexibility index (Phi) is 5.32. The highest BCUT2D eigenvalue weighted by molar-refractivity contribution is 7.88. The number of halogens is 5. The van der Waals surface area contributed by atoms with Gasteiger partial charge in [0.1, 0.15) is 29.1 Å². The van der Waals surface area contributed by atoms with E-state index in [1.165, 1.54) is 36.4 Å². The average Bonchev–Trinajstić information content (AvgIpc) is 2.93. The molecule has 2 aliphatic heterocycles. The summed E-state index contributed by atoms with van der Waals surface area (Å²) in [5.74, 6) is -3.77. The Bertz CT molecular complexity index is 1870. The van der Waals surface area contributed by atoms with Crippen molar-refractivity contribution in [2.24, 2.45) is 0 Å². The van der Waals surface area contributed by atoms with Crippen LogP contribution in [0.1, 0.15) is 0 Å². The van der Waals surface area contributed by atoms with E-state index in [-0.39, 0.29) is 48.9 Å². The molecule has 198 valence electrons. The first-order chi connectivity index (χ1) is 19.1. The summed E-state index contributed by atoms with van der Waals surface area (Å²) in [7, 11) is -8.36. The standard InChI is InChI=1S/C30H16F5NO2P2/c31-17-3-1-5-22(11-17)39(37)26-13-19(33)7-9-24(26)36-25-10-8-20(34)14-27(25)40(38,23-6-2-4-18(32)12-23)29-16-21(35)15-28(39)30(29)36/h1-16H. The molecule has 0 fully saturated rings. The molecule has 0 aliphatic carbocycles. The molecule has 40 heavy (non-hydrogen) atoms. The van der Waals surface area contributed by atoms with Gasteiger partial charge in [-0.1, -0.05) is 24.3 Å². The Morgan fingerprint density at radius 2 is 0.850 bits per heavy atom. The lowest BCUT2D eigenvalue weighted by molar-refractivity contribution is 0.589. The first-order valence-corrected chi connectivity index (χ1v) is 15.5. The number of benzene rings is 5. The van der Waals surface area contributed by atoms with Gasteiger partial charge in [0.05, 0.1) is 17.1 Å². The molecule has 3 nitrogen and oxygen atoms in total. The predicted molar refractivity (Wildman–Crippen MR) is 147 cm³/mol. The number of fused-ring (bicyclic) bond motifs is 4. The van der Waals surface area contributed by atoms with Gasteiger partial charge in [0, 0.05) is 31.8 Å². The van der Waals surface area contributed by atoms with Crippen molar-refractivity contribution in [1.29, 1.82) is 0 Å². The van der Waals surface area contributed by atoms with Gasteiger partial charge < -0.3 is 14.0 Å². The molecule has 0 aromatic heterocycles. The van der Waals surface area contributed by atoms with Gasteiger partial charge >= 0.3 is 0 Å². The fourth-order valence-electron chi connectivity index (χ4n) is 5.69. The second-order valence-electron chi connectivity index (χ2n) is 9.57. The SMILES string of the molecule is O=P1(c2cccc(F)c2)c2cc(F)ccc2N2c3ccc(F)cc3P(=O)(c3cccc(F)c3)c3cc(F)cc1c32. The Balaban J connectivity index is 1.69. The van der Waals surface area contributed by atoms with E-state index in [0.29, 0.717) is 0 Å². The lowest BCUT2D eigenvalue weighted by Gasteiger charge is -2.44. The van der Waals surface area contributed by atoms with Crippen molar-refractivity contribution in [3.8, 4) is 0 Å². The molecule has 2 atom stereocenters. The monoisotopic (exact) mass is 579 g/mol. The fraction of sp³-hybridized carbons (Fsp3) is 0. The van der Waals surface area contributed by atoms with E-state index >= 15 is 13.5 Å². The van der Waals surface area contributed by atoms with Crippen molar-refractivity contribution in [3.63, 3.8) is 0 Å². The smallest absolute Gasteiger partial charge is 0.175 e. The van der Waals surface area contributed by atoms with Crippen molar-refractivity contribution in [1.82, 2.24) is 0 Å². The molecule has 0 saturated carbocycles. The van der Waals surface area contributed by atoms with Gasteiger partial charge in [0.15, 0.2) is 14.3 Å². The van der Waals surface area contributed by atoms with Gasteiger partial charge in [-0.05, 0) is 72.8 Å². The highest BCUT2D eigenvalue weighted by atomic mass is 31.2. The summed E-state index contributed by atoms with van der Waals surface area (Å²) in [5.41, 5.74) is 0.514. The van der Waals surface area contributed by atoms with Crippen molar-refractivity contribution in [2.45, 2.75) is 0 Å². The third kappa shape index (κ3) is 3.30. The van der Waals surface area contributed by atoms with Crippen molar-refractivity contribution in [2.75, 3.05) is 4.90 Å². The van der Waals surface area contributed by atoms with E-state index in [0.717, 1.165) is 60.7 Å². The maximum absolute atomic E-state index is 15.5. The van der Waals surface area contributed by atoms with Gasteiger partial charge in [-0.2, -0.15) is 0 Å². The summed E-state index contributed by atoms with van der Waals surface area (Å²) >= 11 is 0. The molecule has 5 aromatic rings. The summed E-state index contributed by atoms with van der Waals surface area (Å²) in [6.45, 7) is 0. The molecule has 0 saturated heterocycles. The Morgan fingerprint density at radius 3 is 1.27 bits per heavy atom. The quantitative estimate of drug-likeness (QED) is 0.193. The van der Waals surface area contributed by atoms with Crippen LogP contribution in [0.25, 0.3) is 0 Å². The molecule has 0 spiro atoms. The largest absolute Gasteiger partial charge is 0.308 e. The van der Waals surface area contributed by atoms with Gasteiger partial charge in [-0.3, -0.25) is 0 Å². The van der Waals surface area contributed by atoms with Crippen LogP contribution in [0.3, 0.4) is 0 Å². The van der Waals surface area contributed by atoms with Gasteiger partial charge in [0.2, 0.25) is 0 Å². The van der Waals surface area contributed by atoms with Crippen molar-refractivity contribution < 1.29 is 31.1 Å². The Labute approximate surface area is 225 Å². The van der Waals surface area contributed by atoms with Crippen LogP contribution < -0.4 is 36.7 Å². The van der Waals surface area contributed by atoms with Gasteiger partial charge in [-0.25, -0.2) is 22.0 Å². The molecule has 0 N–H and O–H groups in total. The number of nitrogens with zero attached hydrogens (tertiary/aromatic N) is 1. The van der Waals surface area contributed by atoms with Gasteiger partial charge in [0.25, 0.3) is 0 Å². The van der Waals surface area contributed by atoms with Crippen LogP contribution in [0, 0.1) is 29.1 Å². The molecule has 0 bridgehead atoms. The van der Waals surface area contributed by atoms with E-state index in [9.17, 15) is 17.6 Å². The van der Waals surface area contributed by atoms with Crippen LogP contribution in [0.5, 0.6) is 0 Å². The topological polar surface area (TPSA) is 37.4 Å². The summed E-state index contributed by atoms with van der Waals surface area (Å²) in [5, 5.41) is -0.343. The molecule has 0 amide bonds. The zero-order valence-electron chi connectivity index (χ0n) is 20.3. The molecule has 2 unspecified atom stereocenters. The zero-order chi connectivity index (χ0) is 28.0. The van der Waals surface area contributed by atoms with E-state index in [4.69, 9.17) is 0 Å². The lowest BCUT2D eigenvalue weighted by Crippen LogP contribution is -2.46. The number of hydrogen-bond acceptors (Lipinski definition) is 3. The summed E-state index contributed by atoms with van der Waals surface area (Å²) in [6.07, 6.45) is 0. The maximum atomic E-state index is 15.5. The third-order valence-corrected chi connectivity index (χ3v) is 13.4. The van der Waals surface area contributed by atoms with E-state index < -0.39 is 43.4 Å². The first-order valence-electron chi connectivity index (χ1n) is 12.1. The van der Waals surface area contributed by atoms with Crippen molar-refractivity contribution in [3.05, 3.63) is 126 Å². The number of hydrogen-bond donors (Lipinski definition) is 0. The highest BCUT2D eigenvalue weighted by Crippen LogP contribution is 2.60. The van der Waals surface area contributed by atoms with E-state index in [1.54, 1.807) is 4.90 Å². The number of rotatable bonds is 2. The van der Waals surface area contributed by atoms with E-state index in [2.05, 4.69) is 0 Å². The Morgan fingerprint density at radius 1 is 0.450 bits per heavy atom. The second kappa shape index (κ2) is 8.50. The highest BCUT2D eigenvalue weighted by Gasteiger charge is 2.50. The molecule has 5 aromatic carbocycles. The van der Waals surface area contributed by atoms with Gasteiger partial charge in [-0.15, -0.1) is 0 Å². The maximum Gasteiger partial charge on any atom is 0.175 e. The summed E-state index contributed by atoms with van der Waals surface area (Å²) in [6, 6.07) is 19.1. The molecular formula is C30H16F5NO2P2.